The summed E-state index contributed by atoms with van der Waals surface area (Å²) in [6, 6.07) is 7.52. The Hall–Kier alpha value is -3.46. The number of benzene rings is 1. The van der Waals surface area contributed by atoms with E-state index in [9.17, 15) is 0 Å². The third kappa shape index (κ3) is 3.26. The molecule has 4 aromatic rings. The Morgan fingerprint density at radius 1 is 1.20 bits per heavy atom. The highest BCUT2D eigenvalue weighted by Gasteiger charge is 2.20. The molecule has 0 unspecified atom stereocenters. The number of aromatic nitrogens is 5. The van der Waals surface area contributed by atoms with Crippen LogP contribution >= 0.6 is 0 Å². The lowest BCUT2D eigenvalue weighted by Gasteiger charge is -2.14. The third-order valence-electron chi connectivity index (χ3n) is 5.21. The van der Waals surface area contributed by atoms with Gasteiger partial charge in [-0.25, -0.2) is 9.97 Å². The summed E-state index contributed by atoms with van der Waals surface area (Å²) in [5.41, 5.74) is 2.25. The topological polar surface area (TPSA) is 95.7 Å². The van der Waals surface area contributed by atoms with E-state index < -0.39 is 0 Å². The minimum Gasteiger partial charge on any atom is -0.493 e. The van der Waals surface area contributed by atoms with Gasteiger partial charge in [-0.2, -0.15) is 4.52 Å². The second kappa shape index (κ2) is 7.75. The van der Waals surface area contributed by atoms with E-state index in [2.05, 4.69) is 10.3 Å². The zero-order chi connectivity index (χ0) is 20.5. The van der Waals surface area contributed by atoms with Gasteiger partial charge in [0.05, 0.1) is 25.8 Å². The molecule has 154 valence electrons. The van der Waals surface area contributed by atoms with E-state index in [-0.39, 0.29) is 6.10 Å². The van der Waals surface area contributed by atoms with E-state index in [4.69, 9.17) is 29.3 Å². The van der Waals surface area contributed by atoms with Crippen molar-refractivity contribution in [2.75, 3.05) is 32.7 Å². The molecule has 30 heavy (non-hydrogen) atoms. The summed E-state index contributed by atoms with van der Waals surface area (Å²) in [6.45, 7) is 1.46. The van der Waals surface area contributed by atoms with Crippen LogP contribution in [0.3, 0.4) is 0 Å². The van der Waals surface area contributed by atoms with Crippen molar-refractivity contribution in [1.82, 2.24) is 24.6 Å². The molecule has 3 aromatic heterocycles. The van der Waals surface area contributed by atoms with E-state index in [1.807, 2.05) is 24.3 Å². The van der Waals surface area contributed by atoms with Crippen LogP contribution in [0.2, 0.25) is 0 Å². The van der Waals surface area contributed by atoms with Gasteiger partial charge in [0.1, 0.15) is 0 Å². The number of hydrogen-bond acceptors (Lipinski definition) is 8. The molecule has 1 N–H and O–H groups in total. The Kier molecular flexibility index (Phi) is 4.80. The van der Waals surface area contributed by atoms with Crippen molar-refractivity contribution in [3.05, 3.63) is 36.7 Å². The van der Waals surface area contributed by atoms with Gasteiger partial charge in [0.25, 0.3) is 0 Å². The van der Waals surface area contributed by atoms with Crippen LogP contribution in [0.25, 0.3) is 27.9 Å². The van der Waals surface area contributed by atoms with Gasteiger partial charge >= 0.3 is 0 Å². The first kappa shape index (κ1) is 18.6. The van der Waals surface area contributed by atoms with Crippen molar-refractivity contribution in [2.45, 2.75) is 18.9 Å². The number of anilines is 1. The van der Waals surface area contributed by atoms with Crippen molar-refractivity contribution >= 4 is 22.5 Å². The number of methoxy groups -OCH3 is 2. The number of nitrogens with zero attached hydrogens (tertiary/aromatic N) is 5. The molecule has 0 bridgehead atoms. The van der Waals surface area contributed by atoms with Crippen LogP contribution < -0.4 is 14.8 Å². The summed E-state index contributed by atoms with van der Waals surface area (Å²) < 4.78 is 18.4. The largest absolute Gasteiger partial charge is 0.493 e. The Morgan fingerprint density at radius 3 is 2.80 bits per heavy atom. The molecule has 0 saturated carbocycles. The van der Waals surface area contributed by atoms with Crippen LogP contribution in [0.4, 0.5) is 5.95 Å². The maximum atomic E-state index is 5.74. The summed E-state index contributed by atoms with van der Waals surface area (Å²) >= 11 is 0. The lowest BCUT2D eigenvalue weighted by atomic mass is 10.2. The number of ether oxygens (including phenoxy) is 3. The van der Waals surface area contributed by atoms with Gasteiger partial charge in [-0.15, -0.1) is 5.10 Å². The molecule has 0 amide bonds. The van der Waals surface area contributed by atoms with E-state index in [1.54, 1.807) is 31.1 Å². The Bertz CT molecular complexity index is 1190. The van der Waals surface area contributed by atoms with Crippen LogP contribution in [-0.2, 0) is 4.74 Å². The maximum absolute atomic E-state index is 5.74. The minimum absolute atomic E-state index is 0.171. The molecule has 0 radical (unpaired) electrons. The van der Waals surface area contributed by atoms with E-state index in [1.165, 1.54) is 0 Å². The van der Waals surface area contributed by atoms with Gasteiger partial charge in [-0.1, -0.05) is 0 Å². The van der Waals surface area contributed by atoms with Crippen LogP contribution in [-0.4, -0.2) is 58.0 Å². The second-order valence-corrected chi connectivity index (χ2v) is 7.09. The molecule has 1 fully saturated rings. The van der Waals surface area contributed by atoms with Crippen LogP contribution in [0.1, 0.15) is 12.8 Å². The van der Waals surface area contributed by atoms with Crippen molar-refractivity contribution in [3.63, 3.8) is 0 Å². The number of pyridine rings is 1. The van der Waals surface area contributed by atoms with E-state index in [0.29, 0.717) is 35.5 Å². The average molecular weight is 406 g/mol. The zero-order valence-electron chi connectivity index (χ0n) is 16.8. The summed E-state index contributed by atoms with van der Waals surface area (Å²) in [5, 5.41) is 8.91. The summed E-state index contributed by atoms with van der Waals surface area (Å²) in [4.78, 5) is 13.8. The fourth-order valence-electron chi connectivity index (χ4n) is 3.68. The predicted molar refractivity (Wildman–Crippen MR) is 112 cm³/mol. The molecule has 9 heteroatoms. The summed E-state index contributed by atoms with van der Waals surface area (Å²) in [5.74, 6) is 2.40. The van der Waals surface area contributed by atoms with Crippen molar-refractivity contribution in [3.8, 4) is 22.9 Å². The fourth-order valence-corrected chi connectivity index (χ4v) is 3.68. The lowest BCUT2D eigenvalue weighted by Crippen LogP contribution is -2.20. The summed E-state index contributed by atoms with van der Waals surface area (Å²) in [7, 11) is 3.22. The lowest BCUT2D eigenvalue weighted by molar-refractivity contribution is 0.120. The standard InChI is InChI=1S/C21H22N6O3/c1-28-17-9-15-16(10-18(17)29-2)24-21(23-12-14-6-4-8-30-14)27-20(15)25-19(26-27)13-5-3-7-22-11-13/h3,5,7,9-11,14H,4,6,8,12H2,1-2H3,(H,23,24)/t14-/m1/s1. The normalized spacial score (nSPS) is 16.3. The average Bonchev–Trinajstić information content (AvgIpc) is 3.47. The van der Waals surface area contributed by atoms with Gasteiger partial charge < -0.3 is 19.5 Å². The Morgan fingerprint density at radius 2 is 2.07 bits per heavy atom. The molecule has 0 spiro atoms. The molecule has 1 aliphatic heterocycles. The monoisotopic (exact) mass is 406 g/mol. The highest BCUT2D eigenvalue weighted by Crippen LogP contribution is 2.34. The highest BCUT2D eigenvalue weighted by molar-refractivity contribution is 5.95. The van der Waals surface area contributed by atoms with Gasteiger partial charge in [-0.05, 0) is 31.0 Å². The minimum atomic E-state index is 0.171. The molecular formula is C21H22N6O3. The smallest absolute Gasteiger partial charge is 0.226 e. The molecule has 1 aromatic carbocycles. The van der Waals surface area contributed by atoms with Gasteiger partial charge in [0, 0.05) is 42.6 Å². The number of rotatable bonds is 6. The molecule has 4 heterocycles. The number of nitrogens with one attached hydrogen (secondary N) is 1. The zero-order valence-corrected chi connectivity index (χ0v) is 16.8. The molecule has 0 aliphatic carbocycles. The van der Waals surface area contributed by atoms with Crippen LogP contribution in [0, 0.1) is 0 Å². The first-order valence-electron chi connectivity index (χ1n) is 9.85. The van der Waals surface area contributed by atoms with Crippen LogP contribution in [0.15, 0.2) is 36.7 Å². The Labute approximate surface area is 173 Å². The first-order chi connectivity index (χ1) is 14.8. The maximum Gasteiger partial charge on any atom is 0.226 e. The van der Waals surface area contributed by atoms with Crippen LogP contribution in [0.5, 0.6) is 11.5 Å². The van der Waals surface area contributed by atoms with E-state index >= 15 is 0 Å². The Balaban J connectivity index is 1.68. The van der Waals surface area contributed by atoms with Crippen molar-refractivity contribution in [2.24, 2.45) is 0 Å². The first-order valence-corrected chi connectivity index (χ1v) is 9.85. The van der Waals surface area contributed by atoms with E-state index in [0.717, 1.165) is 35.9 Å². The molecule has 1 aliphatic rings. The van der Waals surface area contributed by atoms with Gasteiger partial charge in [0.15, 0.2) is 23.0 Å². The van der Waals surface area contributed by atoms with Gasteiger partial charge in [-0.3, -0.25) is 4.98 Å². The molecule has 9 nitrogen and oxygen atoms in total. The molecule has 5 rings (SSSR count). The molecule has 1 saturated heterocycles. The highest BCUT2D eigenvalue weighted by atomic mass is 16.5. The quantitative estimate of drug-likeness (QED) is 0.522. The molecular weight excluding hydrogens is 384 g/mol. The van der Waals surface area contributed by atoms with Gasteiger partial charge in [0.2, 0.25) is 5.95 Å². The fraction of sp³-hybridized carbons (Fsp3) is 0.333. The van der Waals surface area contributed by atoms with Crippen molar-refractivity contribution in [1.29, 1.82) is 0 Å². The summed E-state index contributed by atoms with van der Waals surface area (Å²) in [6.07, 6.45) is 5.75. The van der Waals surface area contributed by atoms with Crippen molar-refractivity contribution < 1.29 is 14.2 Å². The third-order valence-corrected chi connectivity index (χ3v) is 5.21. The predicted octanol–water partition coefficient (Wildman–Crippen LogP) is 2.95. The number of fused-ring (bicyclic) bond motifs is 3. The second-order valence-electron chi connectivity index (χ2n) is 7.09. The number of hydrogen-bond donors (Lipinski definition) is 1. The molecule has 1 atom stereocenters. The SMILES string of the molecule is COc1cc2nc(NC[C@H]3CCCO3)n3nc(-c4cccnc4)nc3c2cc1OC.